The molecule has 2 aromatic carbocycles. The van der Waals surface area contributed by atoms with E-state index < -0.39 is 12.0 Å². The highest BCUT2D eigenvalue weighted by molar-refractivity contribution is 5.95. The van der Waals surface area contributed by atoms with Crippen molar-refractivity contribution in [2.24, 2.45) is 11.7 Å². The first kappa shape index (κ1) is 22.1. The van der Waals surface area contributed by atoms with Crippen molar-refractivity contribution in [3.8, 4) is 11.5 Å². The number of nitrogens with one attached hydrogen (secondary N) is 2. The Bertz CT molecular complexity index is 834. The van der Waals surface area contributed by atoms with Crippen LogP contribution < -0.4 is 20.5 Å². The maximum atomic E-state index is 11.9. The Kier molecular flexibility index (Phi) is 7.88. The van der Waals surface area contributed by atoms with Crippen LogP contribution in [0, 0.1) is 11.3 Å². The van der Waals surface area contributed by atoms with Crippen LogP contribution in [0.15, 0.2) is 42.5 Å². The molecule has 0 saturated heterocycles. The first-order chi connectivity index (χ1) is 13.8. The fourth-order valence-electron chi connectivity index (χ4n) is 2.70. The summed E-state index contributed by atoms with van der Waals surface area (Å²) in [5.74, 6) is 0.594. The molecule has 0 radical (unpaired) electrons. The second-order valence-corrected chi connectivity index (χ2v) is 7.08. The lowest BCUT2D eigenvalue weighted by Crippen LogP contribution is -2.21. The van der Waals surface area contributed by atoms with Crippen LogP contribution >= 0.6 is 0 Å². The number of hydrogen-bond acceptors (Lipinski definition) is 5. The highest BCUT2D eigenvalue weighted by Gasteiger charge is 2.22. The molecule has 0 aliphatic heterocycles. The van der Waals surface area contributed by atoms with Gasteiger partial charge in [0.05, 0.1) is 13.2 Å². The van der Waals surface area contributed by atoms with Crippen molar-refractivity contribution in [1.82, 2.24) is 0 Å². The average molecular weight is 399 g/mol. The standard InChI is InChI=1S/C22H29N3O4/c1-4-28-19-13-16(7-10-18(19)29-12-11-14(2)3)20(22(26)27)25-17-8-5-15(6-9-17)21(23)24/h5-10,13-14,20,25H,4,11-12H2,1-3H3,(H3,23,24)(H,26,27)/t20-/m1/s1. The number of nitrogen functional groups attached to an aromatic ring is 1. The maximum absolute atomic E-state index is 11.9. The summed E-state index contributed by atoms with van der Waals surface area (Å²) >= 11 is 0. The van der Waals surface area contributed by atoms with Crippen LogP contribution in [0.25, 0.3) is 0 Å². The van der Waals surface area contributed by atoms with Gasteiger partial charge in [0.15, 0.2) is 17.5 Å². The van der Waals surface area contributed by atoms with E-state index in [4.69, 9.17) is 20.6 Å². The molecular formula is C22H29N3O4. The van der Waals surface area contributed by atoms with E-state index in [0.29, 0.717) is 47.4 Å². The Labute approximate surface area is 171 Å². The molecule has 156 valence electrons. The molecule has 29 heavy (non-hydrogen) atoms. The van der Waals surface area contributed by atoms with Crippen LogP contribution in [0.5, 0.6) is 11.5 Å². The molecule has 0 aliphatic rings. The molecule has 2 rings (SSSR count). The molecule has 1 atom stereocenters. The van der Waals surface area contributed by atoms with Gasteiger partial charge in [-0.15, -0.1) is 0 Å². The number of benzene rings is 2. The average Bonchev–Trinajstić information content (AvgIpc) is 2.67. The van der Waals surface area contributed by atoms with Crippen molar-refractivity contribution in [2.75, 3.05) is 18.5 Å². The SMILES string of the molecule is CCOc1cc([C@@H](Nc2ccc(C(=N)N)cc2)C(=O)O)ccc1OCCC(C)C. The zero-order valence-corrected chi connectivity index (χ0v) is 17.1. The number of carboxylic acids is 1. The largest absolute Gasteiger partial charge is 0.490 e. The predicted molar refractivity (Wildman–Crippen MR) is 114 cm³/mol. The number of hydrogen-bond donors (Lipinski definition) is 4. The Hall–Kier alpha value is -3.22. The predicted octanol–water partition coefficient (Wildman–Crippen LogP) is 4.03. The maximum Gasteiger partial charge on any atom is 0.330 e. The van der Waals surface area contributed by atoms with Gasteiger partial charge in [-0.2, -0.15) is 0 Å². The molecule has 0 heterocycles. The van der Waals surface area contributed by atoms with Crippen LogP contribution in [0.3, 0.4) is 0 Å². The number of amidine groups is 1. The van der Waals surface area contributed by atoms with E-state index in [2.05, 4.69) is 19.2 Å². The zero-order valence-electron chi connectivity index (χ0n) is 17.1. The smallest absolute Gasteiger partial charge is 0.330 e. The highest BCUT2D eigenvalue weighted by Crippen LogP contribution is 2.32. The molecule has 7 heteroatoms. The lowest BCUT2D eigenvalue weighted by Gasteiger charge is -2.19. The molecular weight excluding hydrogens is 370 g/mol. The van der Waals surface area contributed by atoms with Crippen molar-refractivity contribution in [3.05, 3.63) is 53.6 Å². The molecule has 2 aromatic rings. The summed E-state index contributed by atoms with van der Waals surface area (Å²) in [4.78, 5) is 11.9. The van der Waals surface area contributed by atoms with E-state index in [1.54, 1.807) is 42.5 Å². The van der Waals surface area contributed by atoms with Crippen LogP contribution in [0.4, 0.5) is 5.69 Å². The third-order valence-corrected chi connectivity index (χ3v) is 4.31. The molecule has 0 fully saturated rings. The first-order valence-electron chi connectivity index (χ1n) is 9.65. The van der Waals surface area contributed by atoms with Gasteiger partial charge in [0, 0.05) is 11.3 Å². The topological polar surface area (TPSA) is 118 Å². The Morgan fingerprint density at radius 2 is 1.83 bits per heavy atom. The number of nitrogens with two attached hydrogens (primary N) is 1. The molecule has 0 saturated carbocycles. The van der Waals surface area contributed by atoms with E-state index in [9.17, 15) is 9.90 Å². The zero-order chi connectivity index (χ0) is 21.4. The van der Waals surface area contributed by atoms with Gasteiger partial charge < -0.3 is 25.6 Å². The van der Waals surface area contributed by atoms with E-state index in [0.717, 1.165) is 6.42 Å². The van der Waals surface area contributed by atoms with Gasteiger partial charge in [0.2, 0.25) is 0 Å². The molecule has 0 amide bonds. The van der Waals surface area contributed by atoms with Gasteiger partial charge in [-0.1, -0.05) is 19.9 Å². The first-order valence-corrected chi connectivity index (χ1v) is 9.65. The fourth-order valence-corrected chi connectivity index (χ4v) is 2.70. The van der Waals surface area contributed by atoms with E-state index in [-0.39, 0.29) is 5.84 Å². The van der Waals surface area contributed by atoms with Gasteiger partial charge in [-0.25, -0.2) is 4.79 Å². The van der Waals surface area contributed by atoms with Crippen molar-refractivity contribution in [1.29, 1.82) is 5.41 Å². The Balaban J connectivity index is 2.23. The van der Waals surface area contributed by atoms with Gasteiger partial charge >= 0.3 is 5.97 Å². The van der Waals surface area contributed by atoms with Crippen LogP contribution in [0.1, 0.15) is 44.4 Å². The Morgan fingerprint density at radius 3 is 2.38 bits per heavy atom. The van der Waals surface area contributed by atoms with Crippen molar-refractivity contribution >= 4 is 17.5 Å². The number of carbonyl (C=O) groups is 1. The molecule has 0 aliphatic carbocycles. The van der Waals surface area contributed by atoms with Crippen LogP contribution in [-0.4, -0.2) is 30.1 Å². The molecule has 7 nitrogen and oxygen atoms in total. The summed E-state index contributed by atoms with van der Waals surface area (Å²) in [5.41, 5.74) is 7.19. The summed E-state index contributed by atoms with van der Waals surface area (Å²) in [6.45, 7) is 7.14. The van der Waals surface area contributed by atoms with E-state index in [1.807, 2.05) is 6.92 Å². The molecule has 0 unspecified atom stereocenters. The van der Waals surface area contributed by atoms with Gasteiger partial charge in [-0.3, -0.25) is 5.41 Å². The molecule has 5 N–H and O–H groups in total. The molecule has 0 spiro atoms. The number of rotatable bonds is 11. The third-order valence-electron chi connectivity index (χ3n) is 4.31. The minimum Gasteiger partial charge on any atom is -0.490 e. The second kappa shape index (κ2) is 10.4. The van der Waals surface area contributed by atoms with Gasteiger partial charge in [-0.05, 0) is 61.2 Å². The number of aliphatic carboxylic acids is 1. The highest BCUT2D eigenvalue weighted by atomic mass is 16.5. The summed E-state index contributed by atoms with van der Waals surface area (Å²) in [6.07, 6.45) is 0.920. The van der Waals surface area contributed by atoms with Gasteiger partial charge in [0.25, 0.3) is 0 Å². The number of ether oxygens (including phenoxy) is 2. The number of anilines is 1. The third kappa shape index (κ3) is 6.41. The normalized spacial score (nSPS) is 11.7. The minimum absolute atomic E-state index is 0.0410. The summed E-state index contributed by atoms with van der Waals surface area (Å²) < 4.78 is 11.5. The Morgan fingerprint density at radius 1 is 1.14 bits per heavy atom. The van der Waals surface area contributed by atoms with Crippen molar-refractivity contribution in [3.63, 3.8) is 0 Å². The van der Waals surface area contributed by atoms with Crippen LogP contribution in [-0.2, 0) is 4.79 Å². The quantitative estimate of drug-likeness (QED) is 0.335. The van der Waals surface area contributed by atoms with Gasteiger partial charge in [0.1, 0.15) is 5.84 Å². The molecule has 0 aromatic heterocycles. The van der Waals surface area contributed by atoms with Crippen molar-refractivity contribution in [2.45, 2.75) is 33.2 Å². The summed E-state index contributed by atoms with van der Waals surface area (Å²) in [6, 6.07) is 10.9. The monoisotopic (exact) mass is 399 g/mol. The van der Waals surface area contributed by atoms with E-state index >= 15 is 0 Å². The minimum atomic E-state index is -1.02. The van der Waals surface area contributed by atoms with Crippen molar-refractivity contribution < 1.29 is 19.4 Å². The summed E-state index contributed by atoms with van der Waals surface area (Å²) in [5, 5.41) is 20.2. The lowest BCUT2D eigenvalue weighted by atomic mass is 10.1. The van der Waals surface area contributed by atoms with Crippen LogP contribution in [0.2, 0.25) is 0 Å². The molecule has 0 bridgehead atoms. The number of carboxylic acid groups (broad SMARTS) is 1. The fraction of sp³-hybridized carbons (Fsp3) is 0.364. The van der Waals surface area contributed by atoms with E-state index in [1.165, 1.54) is 0 Å². The summed E-state index contributed by atoms with van der Waals surface area (Å²) in [7, 11) is 0. The lowest BCUT2D eigenvalue weighted by molar-refractivity contribution is -0.138. The second-order valence-electron chi connectivity index (χ2n) is 7.08.